The van der Waals surface area contributed by atoms with Gasteiger partial charge in [0.1, 0.15) is 11.4 Å². The van der Waals surface area contributed by atoms with E-state index in [9.17, 15) is 4.39 Å². The van der Waals surface area contributed by atoms with E-state index in [1.165, 1.54) is 17.7 Å². The Bertz CT molecular complexity index is 879. The molecule has 0 N–H and O–H groups in total. The largest absolute Gasteiger partial charge is 0.364 e. The fourth-order valence-corrected chi connectivity index (χ4v) is 3.60. The van der Waals surface area contributed by atoms with Gasteiger partial charge in [-0.25, -0.2) is 4.39 Å². The third-order valence-electron chi connectivity index (χ3n) is 5.40. The molecule has 0 aliphatic carbocycles. The molecule has 0 aliphatic rings. The fraction of sp³-hybridized carbons (Fsp3) is 0.375. The minimum Gasteiger partial charge on any atom is -0.364 e. The van der Waals surface area contributed by atoms with Crippen LogP contribution in [0.25, 0.3) is 0 Å². The predicted octanol–water partition coefficient (Wildman–Crippen LogP) is 4.40. The Balaban J connectivity index is 1.56. The van der Waals surface area contributed by atoms with Crippen molar-refractivity contribution < 1.29 is 9.13 Å². The van der Waals surface area contributed by atoms with E-state index in [0.29, 0.717) is 6.61 Å². The molecule has 0 radical (unpaired) electrons. The summed E-state index contributed by atoms with van der Waals surface area (Å²) in [4.78, 5) is 2.33. The lowest BCUT2D eigenvalue weighted by atomic mass is 9.92. The minimum atomic E-state index is -0.679. The normalized spacial score (nSPS) is 13.6. The molecule has 0 amide bonds. The molecule has 4 nitrogen and oxygen atoms in total. The van der Waals surface area contributed by atoms with E-state index in [1.807, 2.05) is 30.8 Å². The SMILES string of the molecule is CN(CCCOC(C)(c1ccc(F)cc1)c1ccnn1C)CCc1ccccc1. The lowest BCUT2D eigenvalue weighted by molar-refractivity contribution is -0.0132. The van der Waals surface area contributed by atoms with Crippen molar-refractivity contribution in [1.82, 2.24) is 14.7 Å². The summed E-state index contributed by atoms with van der Waals surface area (Å²) in [5, 5.41) is 4.29. The quantitative estimate of drug-likeness (QED) is 0.477. The zero-order chi connectivity index (χ0) is 20.7. The van der Waals surface area contributed by atoms with Gasteiger partial charge >= 0.3 is 0 Å². The second-order valence-corrected chi connectivity index (χ2v) is 7.62. The predicted molar refractivity (Wildman–Crippen MR) is 114 cm³/mol. The Morgan fingerprint density at radius 2 is 1.76 bits per heavy atom. The first-order chi connectivity index (χ1) is 14.0. The molecule has 3 rings (SSSR count). The first-order valence-electron chi connectivity index (χ1n) is 10.1. The molecule has 154 valence electrons. The number of halogens is 1. The van der Waals surface area contributed by atoms with Crippen LogP contribution in [-0.4, -0.2) is 41.4 Å². The van der Waals surface area contributed by atoms with Crippen LogP contribution in [0.4, 0.5) is 4.39 Å². The van der Waals surface area contributed by atoms with Gasteiger partial charge in [-0.15, -0.1) is 0 Å². The van der Waals surface area contributed by atoms with Crippen molar-refractivity contribution in [2.24, 2.45) is 7.05 Å². The summed E-state index contributed by atoms with van der Waals surface area (Å²) in [7, 11) is 4.04. The maximum Gasteiger partial charge on any atom is 0.132 e. The number of rotatable bonds is 10. The average Bonchev–Trinajstić information content (AvgIpc) is 3.17. The third-order valence-corrected chi connectivity index (χ3v) is 5.40. The molecule has 0 spiro atoms. The fourth-order valence-electron chi connectivity index (χ4n) is 3.60. The monoisotopic (exact) mass is 395 g/mol. The molecule has 0 aliphatic heterocycles. The van der Waals surface area contributed by atoms with Crippen molar-refractivity contribution in [3.8, 4) is 0 Å². The molecule has 1 atom stereocenters. The number of hydrogen-bond acceptors (Lipinski definition) is 3. The Morgan fingerprint density at radius 1 is 1.03 bits per heavy atom. The van der Waals surface area contributed by atoms with Crippen LogP contribution in [0.15, 0.2) is 66.9 Å². The van der Waals surface area contributed by atoms with Crippen LogP contribution >= 0.6 is 0 Å². The first-order valence-corrected chi connectivity index (χ1v) is 10.1. The van der Waals surface area contributed by atoms with Crippen LogP contribution in [-0.2, 0) is 23.8 Å². The van der Waals surface area contributed by atoms with Crippen LogP contribution in [0, 0.1) is 5.82 Å². The first kappa shape index (κ1) is 21.2. The van der Waals surface area contributed by atoms with Crippen LogP contribution < -0.4 is 0 Å². The number of likely N-dealkylation sites (N-methyl/N-ethyl adjacent to an activating group) is 1. The molecule has 29 heavy (non-hydrogen) atoms. The molecule has 0 fully saturated rings. The van der Waals surface area contributed by atoms with E-state index in [4.69, 9.17) is 4.74 Å². The summed E-state index contributed by atoms with van der Waals surface area (Å²) in [6.45, 7) is 4.60. The Morgan fingerprint density at radius 3 is 2.41 bits per heavy atom. The molecule has 3 aromatic rings. The van der Waals surface area contributed by atoms with Gasteiger partial charge in [-0.1, -0.05) is 42.5 Å². The topological polar surface area (TPSA) is 30.3 Å². The van der Waals surface area contributed by atoms with Gasteiger partial charge in [-0.3, -0.25) is 4.68 Å². The van der Waals surface area contributed by atoms with Crippen LogP contribution in [0.1, 0.15) is 30.2 Å². The van der Waals surface area contributed by atoms with E-state index in [0.717, 1.165) is 37.2 Å². The van der Waals surface area contributed by atoms with E-state index < -0.39 is 5.60 Å². The highest BCUT2D eigenvalue weighted by molar-refractivity contribution is 5.32. The summed E-state index contributed by atoms with van der Waals surface area (Å²) >= 11 is 0. The highest BCUT2D eigenvalue weighted by Gasteiger charge is 2.32. The lowest BCUT2D eigenvalue weighted by Crippen LogP contribution is -2.32. The summed E-state index contributed by atoms with van der Waals surface area (Å²) in [5.41, 5.74) is 2.54. The summed E-state index contributed by atoms with van der Waals surface area (Å²) in [6.07, 6.45) is 3.72. The number of aryl methyl sites for hydroxylation is 1. The van der Waals surface area contributed by atoms with Crippen molar-refractivity contribution >= 4 is 0 Å². The molecule has 0 saturated heterocycles. The van der Waals surface area contributed by atoms with Gasteiger partial charge in [0.05, 0.1) is 5.69 Å². The minimum absolute atomic E-state index is 0.249. The molecular weight excluding hydrogens is 365 g/mol. The third kappa shape index (κ3) is 5.52. The van der Waals surface area contributed by atoms with Gasteiger partial charge in [0.15, 0.2) is 0 Å². The van der Waals surface area contributed by atoms with Gasteiger partial charge < -0.3 is 9.64 Å². The molecule has 1 heterocycles. The lowest BCUT2D eigenvalue weighted by Gasteiger charge is -2.31. The van der Waals surface area contributed by atoms with E-state index in [-0.39, 0.29) is 5.82 Å². The Labute approximate surface area is 172 Å². The number of benzene rings is 2. The van der Waals surface area contributed by atoms with Gasteiger partial charge in [0.25, 0.3) is 0 Å². The number of ether oxygens (including phenoxy) is 1. The van der Waals surface area contributed by atoms with Crippen molar-refractivity contribution in [3.05, 3.63) is 89.5 Å². The van der Waals surface area contributed by atoms with Crippen molar-refractivity contribution in [1.29, 1.82) is 0 Å². The van der Waals surface area contributed by atoms with Crippen molar-refractivity contribution in [3.63, 3.8) is 0 Å². The standard InChI is InChI=1S/C24H30FN3O/c1-24(23-14-16-26-28(23)3,21-10-12-22(25)13-11-21)29-19-7-17-27(2)18-15-20-8-5-4-6-9-20/h4-6,8-14,16H,7,15,17-19H2,1-3H3. The van der Waals surface area contributed by atoms with Crippen LogP contribution in [0.3, 0.4) is 0 Å². The van der Waals surface area contributed by atoms with Crippen molar-refractivity contribution in [2.75, 3.05) is 26.7 Å². The maximum absolute atomic E-state index is 13.4. The summed E-state index contributed by atoms with van der Waals surface area (Å²) < 4.78 is 21.6. The Kier molecular flexibility index (Phi) is 7.18. The average molecular weight is 396 g/mol. The number of nitrogens with zero attached hydrogens (tertiary/aromatic N) is 3. The van der Waals surface area contributed by atoms with Gasteiger partial charge in [-0.2, -0.15) is 5.10 Å². The summed E-state index contributed by atoms with van der Waals surface area (Å²) in [5.74, 6) is -0.249. The van der Waals surface area contributed by atoms with Crippen LogP contribution in [0.2, 0.25) is 0 Å². The molecular formula is C24H30FN3O. The molecule has 0 bridgehead atoms. The summed E-state index contributed by atoms with van der Waals surface area (Å²) in [6, 6.07) is 19.0. The van der Waals surface area contributed by atoms with Gasteiger partial charge in [0, 0.05) is 32.9 Å². The van der Waals surface area contributed by atoms with E-state index >= 15 is 0 Å². The smallest absolute Gasteiger partial charge is 0.132 e. The second-order valence-electron chi connectivity index (χ2n) is 7.62. The molecule has 0 saturated carbocycles. The maximum atomic E-state index is 13.4. The van der Waals surface area contributed by atoms with Gasteiger partial charge in [-0.05, 0) is 56.1 Å². The van der Waals surface area contributed by atoms with E-state index in [1.54, 1.807) is 18.3 Å². The highest BCUT2D eigenvalue weighted by Crippen LogP contribution is 2.33. The molecule has 1 aromatic heterocycles. The highest BCUT2D eigenvalue weighted by atomic mass is 19.1. The van der Waals surface area contributed by atoms with E-state index in [2.05, 4.69) is 41.3 Å². The van der Waals surface area contributed by atoms with Crippen molar-refractivity contribution in [2.45, 2.75) is 25.4 Å². The second kappa shape index (κ2) is 9.81. The molecule has 2 aromatic carbocycles. The molecule has 5 heteroatoms. The van der Waals surface area contributed by atoms with Crippen LogP contribution in [0.5, 0.6) is 0 Å². The number of aromatic nitrogens is 2. The Hall–Kier alpha value is -2.50. The van der Waals surface area contributed by atoms with Gasteiger partial charge in [0.2, 0.25) is 0 Å². The zero-order valence-electron chi connectivity index (χ0n) is 17.5. The molecule has 1 unspecified atom stereocenters. The number of hydrogen-bond donors (Lipinski definition) is 0. The zero-order valence-corrected chi connectivity index (χ0v) is 17.5.